The van der Waals surface area contributed by atoms with E-state index in [1.54, 1.807) is 23.1 Å². The van der Waals surface area contributed by atoms with E-state index in [-0.39, 0.29) is 24.3 Å². The fourth-order valence-corrected chi connectivity index (χ4v) is 4.14. The minimum absolute atomic E-state index is 0.160. The van der Waals surface area contributed by atoms with Gasteiger partial charge in [0, 0.05) is 24.5 Å². The largest absolute Gasteiger partial charge is 0.485 e. The van der Waals surface area contributed by atoms with Crippen LogP contribution in [0.1, 0.15) is 23.2 Å². The van der Waals surface area contributed by atoms with Crippen LogP contribution >= 0.6 is 0 Å². The molecule has 11 heteroatoms. The van der Waals surface area contributed by atoms with E-state index in [1.807, 2.05) is 24.4 Å². The van der Waals surface area contributed by atoms with Gasteiger partial charge in [-0.05, 0) is 44.0 Å². The maximum Gasteiger partial charge on any atom is 0.264 e. The van der Waals surface area contributed by atoms with E-state index < -0.39 is 21.8 Å². The number of ether oxygens (including phenoxy) is 1. The van der Waals surface area contributed by atoms with Gasteiger partial charge in [0.05, 0.1) is 28.9 Å². The molecule has 0 aliphatic rings. The Kier molecular flexibility index (Phi) is 6.17. The number of halogens is 2. The van der Waals surface area contributed by atoms with Crippen molar-refractivity contribution in [3.63, 3.8) is 0 Å². The number of pyridine rings is 1. The predicted molar refractivity (Wildman–Crippen MR) is 118 cm³/mol. The number of fused-ring (bicyclic) bond motifs is 1. The SMILES string of the molecule is Cc1cc(OCc2c(F)cccc2F)c2nc(C)c(-c3cnn(CCCS(=O)(=O)O)c3)n2c1. The number of aromatic nitrogens is 4. The molecule has 0 amide bonds. The highest BCUT2D eigenvalue weighted by Gasteiger charge is 2.18. The van der Waals surface area contributed by atoms with Crippen molar-refractivity contribution in [1.82, 2.24) is 19.2 Å². The maximum atomic E-state index is 14.0. The standard InChI is InChI=1S/C22H22F2N4O4S/c1-14-9-20(32-13-17-18(23)5-3-6-19(17)24)22-26-15(2)21(28(22)11-14)16-10-25-27(12-16)7-4-8-33(29,30)31/h3,5-6,9-12H,4,7-8,13H2,1-2H3,(H,29,30,31). The summed E-state index contributed by atoms with van der Waals surface area (Å²) in [5.41, 5.74) is 3.39. The van der Waals surface area contributed by atoms with E-state index in [9.17, 15) is 17.2 Å². The molecule has 1 aromatic carbocycles. The number of rotatable bonds is 8. The van der Waals surface area contributed by atoms with Gasteiger partial charge in [-0.3, -0.25) is 13.6 Å². The fraction of sp³-hybridized carbons (Fsp3) is 0.273. The van der Waals surface area contributed by atoms with Gasteiger partial charge in [0.1, 0.15) is 18.2 Å². The summed E-state index contributed by atoms with van der Waals surface area (Å²) in [5.74, 6) is -1.33. The predicted octanol–water partition coefficient (Wildman–Crippen LogP) is 3.95. The molecule has 1 N–H and O–H groups in total. The third-order valence-corrected chi connectivity index (χ3v) is 5.93. The van der Waals surface area contributed by atoms with E-state index in [4.69, 9.17) is 9.29 Å². The van der Waals surface area contributed by atoms with Gasteiger partial charge in [-0.1, -0.05) is 6.07 Å². The van der Waals surface area contributed by atoms with E-state index in [0.29, 0.717) is 23.6 Å². The van der Waals surface area contributed by atoms with E-state index in [2.05, 4.69) is 10.1 Å². The summed E-state index contributed by atoms with van der Waals surface area (Å²) in [6.07, 6.45) is 5.49. The highest BCUT2D eigenvalue weighted by atomic mass is 32.2. The molecule has 0 saturated carbocycles. The second-order valence-corrected chi connectivity index (χ2v) is 9.31. The topological polar surface area (TPSA) is 98.7 Å². The molecule has 0 aliphatic heterocycles. The van der Waals surface area contributed by atoms with Crippen molar-refractivity contribution in [1.29, 1.82) is 0 Å². The molecule has 3 aromatic heterocycles. The van der Waals surface area contributed by atoms with Crippen LogP contribution in [0, 0.1) is 25.5 Å². The molecule has 0 spiro atoms. The van der Waals surface area contributed by atoms with Gasteiger partial charge in [0.2, 0.25) is 0 Å². The molecule has 0 atom stereocenters. The second-order valence-electron chi connectivity index (χ2n) is 7.74. The molecular weight excluding hydrogens is 454 g/mol. The summed E-state index contributed by atoms with van der Waals surface area (Å²) in [6.45, 7) is 3.73. The quantitative estimate of drug-likeness (QED) is 0.387. The average Bonchev–Trinajstić information content (AvgIpc) is 3.30. The summed E-state index contributed by atoms with van der Waals surface area (Å²) in [7, 11) is -4.02. The first-order chi connectivity index (χ1) is 15.6. The molecule has 0 bridgehead atoms. The average molecular weight is 477 g/mol. The van der Waals surface area contributed by atoms with Crippen molar-refractivity contribution < 1.29 is 26.5 Å². The summed E-state index contributed by atoms with van der Waals surface area (Å²) >= 11 is 0. The Morgan fingerprint density at radius 2 is 1.88 bits per heavy atom. The van der Waals surface area contributed by atoms with Gasteiger partial charge in [-0.25, -0.2) is 13.8 Å². The number of nitrogens with zero attached hydrogens (tertiary/aromatic N) is 4. The Labute approximate surface area is 189 Å². The van der Waals surface area contributed by atoms with Crippen LogP contribution < -0.4 is 4.74 Å². The van der Waals surface area contributed by atoms with Gasteiger partial charge < -0.3 is 4.74 Å². The zero-order valence-corrected chi connectivity index (χ0v) is 18.8. The van der Waals surface area contributed by atoms with Crippen molar-refractivity contribution in [3.8, 4) is 17.0 Å². The Bertz CT molecular complexity index is 1410. The second kappa shape index (κ2) is 8.91. The van der Waals surface area contributed by atoms with Crippen LogP contribution in [0.5, 0.6) is 5.75 Å². The Morgan fingerprint density at radius 3 is 2.58 bits per heavy atom. The molecule has 33 heavy (non-hydrogen) atoms. The van der Waals surface area contributed by atoms with Crippen LogP contribution in [0.3, 0.4) is 0 Å². The summed E-state index contributed by atoms with van der Waals surface area (Å²) in [6, 6.07) is 5.41. The maximum absolute atomic E-state index is 14.0. The first-order valence-electron chi connectivity index (χ1n) is 10.2. The molecule has 4 aromatic rings. The third kappa shape index (κ3) is 5.04. The molecule has 0 unspecified atom stereocenters. The number of hydrogen-bond acceptors (Lipinski definition) is 5. The Balaban J connectivity index is 1.64. The molecule has 0 radical (unpaired) electrons. The van der Waals surface area contributed by atoms with E-state index in [0.717, 1.165) is 16.8 Å². The van der Waals surface area contributed by atoms with Gasteiger partial charge in [-0.15, -0.1) is 0 Å². The van der Waals surface area contributed by atoms with Crippen molar-refractivity contribution in [3.05, 3.63) is 71.3 Å². The Morgan fingerprint density at radius 1 is 1.15 bits per heavy atom. The lowest BCUT2D eigenvalue weighted by Gasteiger charge is -2.11. The first kappa shape index (κ1) is 22.9. The number of hydrogen-bond donors (Lipinski definition) is 1. The van der Waals surface area contributed by atoms with Crippen LogP contribution in [0.4, 0.5) is 8.78 Å². The zero-order valence-electron chi connectivity index (χ0n) is 18.0. The molecule has 3 heterocycles. The summed E-state index contributed by atoms with van der Waals surface area (Å²) in [4.78, 5) is 4.59. The first-order valence-corrected chi connectivity index (χ1v) is 11.8. The normalized spacial score (nSPS) is 11.9. The fourth-order valence-electron chi connectivity index (χ4n) is 3.65. The molecule has 4 rings (SSSR count). The third-order valence-electron chi connectivity index (χ3n) is 5.13. The molecule has 174 valence electrons. The van der Waals surface area contributed by atoms with Gasteiger partial charge in [0.25, 0.3) is 10.1 Å². The van der Waals surface area contributed by atoms with Gasteiger partial charge in [-0.2, -0.15) is 13.5 Å². The lowest BCUT2D eigenvalue weighted by Crippen LogP contribution is -2.08. The van der Waals surface area contributed by atoms with Crippen LogP contribution in [0.25, 0.3) is 16.9 Å². The molecule has 0 fully saturated rings. The van der Waals surface area contributed by atoms with Crippen LogP contribution in [0.15, 0.2) is 42.9 Å². The highest BCUT2D eigenvalue weighted by Crippen LogP contribution is 2.30. The monoisotopic (exact) mass is 476 g/mol. The van der Waals surface area contributed by atoms with Crippen LogP contribution in [-0.4, -0.2) is 37.9 Å². The number of benzene rings is 1. The number of imidazole rings is 1. The smallest absolute Gasteiger partial charge is 0.264 e. The van der Waals surface area contributed by atoms with Crippen molar-refractivity contribution in [2.45, 2.75) is 33.4 Å². The van der Waals surface area contributed by atoms with Crippen LogP contribution in [-0.2, 0) is 23.3 Å². The van der Waals surface area contributed by atoms with Gasteiger partial charge in [0.15, 0.2) is 11.4 Å². The van der Waals surface area contributed by atoms with Crippen molar-refractivity contribution in [2.24, 2.45) is 0 Å². The molecule has 0 saturated heterocycles. The molecular formula is C22H22F2N4O4S. The number of aryl methyl sites for hydroxylation is 3. The minimum atomic E-state index is -4.02. The van der Waals surface area contributed by atoms with E-state index >= 15 is 0 Å². The van der Waals surface area contributed by atoms with Crippen molar-refractivity contribution in [2.75, 3.05) is 5.75 Å². The van der Waals surface area contributed by atoms with Crippen LogP contribution in [0.2, 0.25) is 0 Å². The lowest BCUT2D eigenvalue weighted by molar-refractivity contribution is 0.294. The molecule has 8 nitrogen and oxygen atoms in total. The van der Waals surface area contributed by atoms with E-state index in [1.165, 1.54) is 18.2 Å². The Hall–Kier alpha value is -3.31. The lowest BCUT2D eigenvalue weighted by atomic mass is 10.2. The highest BCUT2D eigenvalue weighted by molar-refractivity contribution is 7.85. The summed E-state index contributed by atoms with van der Waals surface area (Å²) < 4.78 is 67.9. The van der Waals surface area contributed by atoms with Gasteiger partial charge >= 0.3 is 0 Å². The summed E-state index contributed by atoms with van der Waals surface area (Å²) in [5, 5.41) is 4.26. The molecule has 0 aliphatic carbocycles. The zero-order chi connectivity index (χ0) is 23.8. The van der Waals surface area contributed by atoms with Crippen molar-refractivity contribution >= 4 is 15.8 Å². The minimum Gasteiger partial charge on any atom is -0.485 e.